The van der Waals surface area contributed by atoms with Crippen molar-refractivity contribution in [2.24, 2.45) is 0 Å². The van der Waals surface area contributed by atoms with Crippen LogP contribution in [0, 0.1) is 0 Å². The molecule has 0 unspecified atom stereocenters. The van der Waals surface area contributed by atoms with Crippen LogP contribution in [0.1, 0.15) is 12.5 Å². The van der Waals surface area contributed by atoms with E-state index < -0.39 is 17.3 Å². The molecule has 0 aliphatic rings. The van der Waals surface area contributed by atoms with Gasteiger partial charge in [0, 0.05) is 43.5 Å². The fourth-order valence-corrected chi connectivity index (χ4v) is 2.73. The van der Waals surface area contributed by atoms with E-state index in [4.69, 9.17) is 5.11 Å². The molecular formula is C18H23F3N4O2. The smallest absolute Gasteiger partial charge is 0.395 e. The minimum atomic E-state index is -4.53. The predicted octanol–water partition coefficient (Wildman–Crippen LogP) is 2.21. The Bertz CT molecular complexity index is 787. The topological polar surface area (TPSA) is 72.5 Å². The van der Waals surface area contributed by atoms with E-state index in [-0.39, 0.29) is 23.6 Å². The lowest BCUT2D eigenvalue weighted by atomic mass is 10.0. The number of aliphatic hydroxyl groups excluding tert-OH is 1. The largest absolute Gasteiger partial charge is 0.418 e. The summed E-state index contributed by atoms with van der Waals surface area (Å²) in [5.74, 6) is 0. The third kappa shape index (κ3) is 5.54. The minimum absolute atomic E-state index is 0.00269. The summed E-state index contributed by atoms with van der Waals surface area (Å²) in [6.45, 7) is 3.58. The first-order valence-electron chi connectivity index (χ1n) is 8.58. The molecule has 0 aliphatic heterocycles. The number of hydrogen-bond acceptors (Lipinski definition) is 5. The van der Waals surface area contributed by atoms with Crippen LogP contribution in [0.3, 0.4) is 0 Å². The van der Waals surface area contributed by atoms with Crippen LogP contribution in [0.25, 0.3) is 11.3 Å². The lowest BCUT2D eigenvalue weighted by molar-refractivity contribution is -0.137. The zero-order valence-electron chi connectivity index (χ0n) is 15.3. The van der Waals surface area contributed by atoms with E-state index in [1.807, 2.05) is 4.90 Å². The van der Waals surface area contributed by atoms with Crippen LogP contribution >= 0.6 is 0 Å². The summed E-state index contributed by atoms with van der Waals surface area (Å²) in [5, 5.41) is 15.0. The monoisotopic (exact) mass is 384 g/mol. The predicted molar refractivity (Wildman–Crippen MR) is 97.8 cm³/mol. The minimum Gasteiger partial charge on any atom is -0.395 e. The molecule has 1 heterocycles. The Morgan fingerprint density at radius 2 is 1.89 bits per heavy atom. The second-order valence-corrected chi connectivity index (χ2v) is 6.14. The zero-order chi connectivity index (χ0) is 20.0. The second kappa shape index (κ2) is 9.01. The highest BCUT2D eigenvalue weighted by molar-refractivity contribution is 5.67. The van der Waals surface area contributed by atoms with Gasteiger partial charge in [0.25, 0.3) is 5.56 Å². The van der Waals surface area contributed by atoms with Crippen LogP contribution in [-0.4, -0.2) is 60.0 Å². The van der Waals surface area contributed by atoms with Gasteiger partial charge in [-0.15, -0.1) is 0 Å². The zero-order valence-corrected chi connectivity index (χ0v) is 15.3. The molecule has 0 atom stereocenters. The van der Waals surface area contributed by atoms with E-state index in [9.17, 15) is 18.0 Å². The molecule has 0 fully saturated rings. The van der Waals surface area contributed by atoms with Crippen LogP contribution in [0.2, 0.25) is 0 Å². The standard InChI is InChI=1S/C18H23F3N4O2/c1-3-25(9-8-24(2)10-11-26)16-6-4-13(12-14(16)18(19,20)21)15-5-7-17(27)23-22-15/h4-7,12,26H,3,8-11H2,1-2H3,(H,23,27). The maximum absolute atomic E-state index is 13.7. The van der Waals surface area contributed by atoms with Crippen LogP contribution in [0.4, 0.5) is 18.9 Å². The molecule has 2 N–H and O–H groups in total. The molecule has 0 bridgehead atoms. The van der Waals surface area contributed by atoms with Crippen LogP contribution < -0.4 is 10.5 Å². The van der Waals surface area contributed by atoms with Crippen LogP contribution in [0.5, 0.6) is 0 Å². The number of likely N-dealkylation sites (N-methyl/N-ethyl adjacent to an activating group) is 2. The number of nitrogens with zero attached hydrogens (tertiary/aromatic N) is 3. The van der Waals surface area contributed by atoms with Gasteiger partial charge in [-0.25, -0.2) is 5.10 Å². The normalized spacial score (nSPS) is 11.8. The Morgan fingerprint density at radius 1 is 1.15 bits per heavy atom. The van der Waals surface area contributed by atoms with Gasteiger partial charge in [-0.1, -0.05) is 6.07 Å². The summed E-state index contributed by atoms with van der Waals surface area (Å²) >= 11 is 0. The summed E-state index contributed by atoms with van der Waals surface area (Å²) in [6.07, 6.45) is -4.53. The summed E-state index contributed by atoms with van der Waals surface area (Å²) in [5.41, 5.74) is -0.543. The molecule has 2 aromatic rings. The second-order valence-electron chi connectivity index (χ2n) is 6.14. The maximum Gasteiger partial charge on any atom is 0.418 e. The van der Waals surface area contributed by atoms with Crippen molar-refractivity contribution in [1.82, 2.24) is 15.1 Å². The van der Waals surface area contributed by atoms with Gasteiger partial charge in [0.15, 0.2) is 0 Å². The van der Waals surface area contributed by atoms with Crippen molar-refractivity contribution >= 4 is 5.69 Å². The Kier molecular flexibility index (Phi) is 6.98. The first kappa shape index (κ1) is 20.9. The Morgan fingerprint density at radius 3 is 2.44 bits per heavy atom. The summed E-state index contributed by atoms with van der Waals surface area (Å²) < 4.78 is 41.0. The molecule has 0 radical (unpaired) electrons. The lowest BCUT2D eigenvalue weighted by Gasteiger charge is -2.29. The van der Waals surface area contributed by atoms with E-state index in [0.717, 1.165) is 6.07 Å². The number of H-pyrrole nitrogens is 1. The summed E-state index contributed by atoms with van der Waals surface area (Å²) in [6, 6.07) is 6.65. The number of alkyl halides is 3. The summed E-state index contributed by atoms with van der Waals surface area (Å²) in [4.78, 5) is 14.6. The average molecular weight is 384 g/mol. The van der Waals surface area contributed by atoms with E-state index in [1.54, 1.807) is 24.9 Å². The van der Waals surface area contributed by atoms with Gasteiger partial charge in [-0.3, -0.25) is 4.79 Å². The third-order valence-electron chi connectivity index (χ3n) is 4.23. The molecule has 0 saturated carbocycles. The van der Waals surface area contributed by atoms with E-state index in [2.05, 4.69) is 10.2 Å². The molecule has 1 aromatic heterocycles. The third-order valence-corrected chi connectivity index (χ3v) is 4.23. The molecule has 0 aliphatic carbocycles. The van der Waals surface area contributed by atoms with Gasteiger partial charge >= 0.3 is 6.18 Å². The van der Waals surface area contributed by atoms with Crippen molar-refractivity contribution in [3.8, 4) is 11.3 Å². The first-order chi connectivity index (χ1) is 12.8. The molecule has 6 nitrogen and oxygen atoms in total. The summed E-state index contributed by atoms with van der Waals surface area (Å²) in [7, 11) is 1.81. The highest BCUT2D eigenvalue weighted by atomic mass is 19.4. The van der Waals surface area contributed by atoms with Gasteiger partial charge in [0.1, 0.15) is 0 Å². The van der Waals surface area contributed by atoms with E-state index in [0.29, 0.717) is 26.2 Å². The van der Waals surface area contributed by atoms with Crippen molar-refractivity contribution in [3.63, 3.8) is 0 Å². The molecule has 0 saturated heterocycles. The van der Waals surface area contributed by atoms with Gasteiger partial charge in [0.2, 0.25) is 0 Å². The first-order valence-corrected chi connectivity index (χ1v) is 8.58. The number of aromatic amines is 1. The highest BCUT2D eigenvalue weighted by Crippen LogP contribution is 2.38. The number of anilines is 1. The quantitative estimate of drug-likeness (QED) is 0.730. The molecule has 0 spiro atoms. The number of halogens is 3. The molecule has 1 aromatic carbocycles. The Hall–Kier alpha value is -2.39. The SMILES string of the molecule is CCN(CCN(C)CCO)c1ccc(-c2ccc(=O)[nH]n2)cc1C(F)(F)F. The Balaban J connectivity index is 2.37. The van der Waals surface area contributed by atoms with Crippen molar-refractivity contribution in [1.29, 1.82) is 0 Å². The number of rotatable bonds is 8. The van der Waals surface area contributed by atoms with Crippen molar-refractivity contribution in [3.05, 3.63) is 46.2 Å². The highest BCUT2D eigenvalue weighted by Gasteiger charge is 2.35. The van der Waals surface area contributed by atoms with Gasteiger partial charge < -0.3 is 14.9 Å². The van der Waals surface area contributed by atoms with E-state index >= 15 is 0 Å². The molecular weight excluding hydrogens is 361 g/mol. The van der Waals surface area contributed by atoms with Crippen molar-refractivity contribution in [2.45, 2.75) is 13.1 Å². The average Bonchev–Trinajstić information content (AvgIpc) is 2.62. The molecule has 9 heteroatoms. The Labute approximate surface area is 155 Å². The molecule has 0 amide bonds. The van der Waals surface area contributed by atoms with Gasteiger partial charge in [-0.05, 0) is 32.2 Å². The fraction of sp³-hybridized carbons (Fsp3) is 0.444. The van der Waals surface area contributed by atoms with Gasteiger partial charge in [0.05, 0.1) is 17.9 Å². The molecule has 27 heavy (non-hydrogen) atoms. The van der Waals surface area contributed by atoms with Crippen molar-refractivity contribution in [2.75, 3.05) is 44.7 Å². The molecule has 2 rings (SSSR count). The van der Waals surface area contributed by atoms with Gasteiger partial charge in [-0.2, -0.15) is 18.3 Å². The maximum atomic E-state index is 13.7. The fourth-order valence-electron chi connectivity index (χ4n) is 2.73. The number of nitrogens with one attached hydrogen (secondary N) is 1. The van der Waals surface area contributed by atoms with Crippen molar-refractivity contribution < 1.29 is 18.3 Å². The number of aromatic nitrogens is 2. The van der Waals surface area contributed by atoms with Crippen LogP contribution in [0.15, 0.2) is 35.1 Å². The number of aliphatic hydroxyl groups is 1. The van der Waals surface area contributed by atoms with Crippen LogP contribution in [-0.2, 0) is 6.18 Å². The number of benzene rings is 1. The lowest BCUT2D eigenvalue weighted by Crippen LogP contribution is -2.35. The van der Waals surface area contributed by atoms with E-state index in [1.165, 1.54) is 18.2 Å². The molecule has 148 valence electrons. The number of hydrogen-bond donors (Lipinski definition) is 2.